The second kappa shape index (κ2) is 12.5. The lowest BCUT2D eigenvalue weighted by Gasteiger charge is -2.19. The van der Waals surface area contributed by atoms with Crippen molar-refractivity contribution in [2.45, 2.75) is 52.4 Å². The lowest BCUT2D eigenvalue weighted by molar-refractivity contribution is 0.591. The van der Waals surface area contributed by atoms with Crippen LogP contribution in [0.5, 0.6) is 0 Å². The summed E-state index contributed by atoms with van der Waals surface area (Å²) >= 11 is 0. The van der Waals surface area contributed by atoms with E-state index < -0.39 is 0 Å². The molecule has 0 N–H and O–H groups in total. The zero-order chi connectivity index (χ0) is 44.8. The maximum Gasteiger partial charge on any atom is 0.146 e. The molecule has 15 aromatic rings. The predicted molar refractivity (Wildman–Crippen MR) is 286 cm³/mol. The molecule has 0 atom stereocenters. The molecule has 0 saturated carbocycles. The van der Waals surface area contributed by atoms with Crippen LogP contribution in [0.3, 0.4) is 0 Å². The number of hydrogen-bond acceptors (Lipinski definition) is 1. The van der Waals surface area contributed by atoms with Crippen LogP contribution in [0.25, 0.3) is 136 Å². The number of hydrogen-bond donors (Lipinski definition) is 0. The first-order chi connectivity index (χ1) is 32.5. The van der Waals surface area contributed by atoms with Crippen LogP contribution < -0.4 is 0 Å². The smallest absolute Gasteiger partial charge is 0.146 e. The van der Waals surface area contributed by atoms with E-state index in [4.69, 9.17) is 4.98 Å². The summed E-state index contributed by atoms with van der Waals surface area (Å²) in [5, 5.41) is 17.8. The van der Waals surface area contributed by atoms with Gasteiger partial charge in [0.15, 0.2) is 0 Å². The second-order valence-corrected chi connectivity index (χ2v) is 21.2. The van der Waals surface area contributed by atoms with Crippen LogP contribution in [-0.4, -0.2) is 18.4 Å². The zero-order valence-corrected chi connectivity index (χ0v) is 38.5. The first kappa shape index (κ1) is 37.3. The average molecular weight is 859 g/mol. The summed E-state index contributed by atoms with van der Waals surface area (Å²) in [6.07, 6.45) is 2.19. The molecule has 0 aliphatic rings. The number of nitrogens with zero attached hydrogens (tertiary/aromatic N) is 4. The highest BCUT2D eigenvalue weighted by Crippen LogP contribution is 2.52. The van der Waals surface area contributed by atoms with E-state index in [0.29, 0.717) is 0 Å². The first-order valence-corrected chi connectivity index (χ1v) is 23.7. The Morgan fingerprint density at radius 2 is 0.985 bits per heavy atom. The molecule has 0 aliphatic carbocycles. The van der Waals surface area contributed by atoms with E-state index >= 15 is 0 Å². The molecule has 0 amide bonds. The molecule has 6 heterocycles. The van der Waals surface area contributed by atoms with Crippen LogP contribution in [0.2, 0.25) is 0 Å². The van der Waals surface area contributed by atoms with Gasteiger partial charge in [0, 0.05) is 65.1 Å². The summed E-state index contributed by atoms with van der Waals surface area (Å²) in [4.78, 5) is 5.61. The lowest BCUT2D eigenvalue weighted by atomic mass is 9.84. The number of aromatic nitrogens is 4. The molecule has 67 heavy (non-hydrogen) atoms. The number of fused-ring (bicyclic) bond motifs is 20. The van der Waals surface area contributed by atoms with E-state index in [2.05, 4.69) is 225 Å². The average Bonchev–Trinajstić information content (AvgIpc) is 4.13. The van der Waals surface area contributed by atoms with E-state index in [-0.39, 0.29) is 10.8 Å². The van der Waals surface area contributed by atoms with E-state index in [0.717, 1.165) is 16.9 Å². The highest BCUT2D eigenvalue weighted by molar-refractivity contribution is 6.40. The van der Waals surface area contributed by atoms with Crippen molar-refractivity contribution < 1.29 is 0 Å². The van der Waals surface area contributed by atoms with Crippen LogP contribution in [-0.2, 0) is 10.8 Å². The molecular formula is C63H46N4. The third kappa shape index (κ3) is 4.74. The van der Waals surface area contributed by atoms with Gasteiger partial charge >= 0.3 is 0 Å². The van der Waals surface area contributed by atoms with Crippen molar-refractivity contribution in [2.75, 3.05) is 0 Å². The van der Waals surface area contributed by atoms with Gasteiger partial charge in [-0.15, -0.1) is 0 Å². The minimum Gasteiger partial charge on any atom is -0.309 e. The molecule has 0 saturated heterocycles. The van der Waals surface area contributed by atoms with Gasteiger partial charge in [0.25, 0.3) is 0 Å². The van der Waals surface area contributed by atoms with Gasteiger partial charge in [0.2, 0.25) is 0 Å². The third-order valence-electron chi connectivity index (χ3n) is 15.4. The van der Waals surface area contributed by atoms with Gasteiger partial charge in [0.05, 0.1) is 44.8 Å². The van der Waals surface area contributed by atoms with Crippen molar-refractivity contribution in [1.82, 2.24) is 18.4 Å². The van der Waals surface area contributed by atoms with Crippen molar-refractivity contribution in [1.29, 1.82) is 0 Å². The maximum atomic E-state index is 5.61. The Balaban J connectivity index is 1.15. The SMILES string of the molecule is CC(C)(C)c1ccc2c(c1)c1cc3ccccc3c3c4c5c6cc(C(C)(C)C)cc7c8c9ccccc9cc(-c9ccc%10c(c9)c9ccccc9n%10-c9ccccc9)c8n(c5cnc4n2c13)c67. The molecule has 0 spiro atoms. The van der Waals surface area contributed by atoms with Gasteiger partial charge in [-0.25, -0.2) is 4.98 Å². The molecule has 9 aromatic carbocycles. The molecule has 6 aromatic heterocycles. The maximum absolute atomic E-state index is 5.61. The van der Waals surface area contributed by atoms with Crippen LogP contribution in [0.15, 0.2) is 170 Å². The number of rotatable bonds is 2. The minimum atomic E-state index is -0.0948. The van der Waals surface area contributed by atoms with E-state index in [9.17, 15) is 0 Å². The molecule has 0 aliphatic heterocycles. The summed E-state index contributed by atoms with van der Waals surface area (Å²) in [7, 11) is 0. The minimum absolute atomic E-state index is 0.0278. The number of para-hydroxylation sites is 2. The van der Waals surface area contributed by atoms with Crippen molar-refractivity contribution in [2.24, 2.45) is 0 Å². The van der Waals surface area contributed by atoms with Gasteiger partial charge in [-0.2, -0.15) is 0 Å². The lowest BCUT2D eigenvalue weighted by Crippen LogP contribution is -2.10. The van der Waals surface area contributed by atoms with Crippen molar-refractivity contribution in [3.63, 3.8) is 0 Å². The molecular weight excluding hydrogens is 813 g/mol. The summed E-state index contributed by atoms with van der Waals surface area (Å²) < 4.78 is 7.48. The fourth-order valence-electron chi connectivity index (χ4n) is 12.2. The Morgan fingerprint density at radius 1 is 0.373 bits per heavy atom. The number of pyridine rings is 1. The fraction of sp³-hybridized carbons (Fsp3) is 0.127. The van der Waals surface area contributed by atoms with Crippen LogP contribution in [0, 0.1) is 0 Å². The molecule has 0 radical (unpaired) electrons. The quantitative estimate of drug-likeness (QED) is 0.170. The predicted octanol–water partition coefficient (Wildman–Crippen LogP) is 17.0. The Morgan fingerprint density at radius 3 is 1.75 bits per heavy atom. The van der Waals surface area contributed by atoms with Gasteiger partial charge in [-0.1, -0.05) is 139 Å². The van der Waals surface area contributed by atoms with Gasteiger partial charge in [-0.3, -0.25) is 4.40 Å². The van der Waals surface area contributed by atoms with Crippen LogP contribution in [0.4, 0.5) is 0 Å². The van der Waals surface area contributed by atoms with Crippen molar-refractivity contribution in [3.8, 4) is 16.8 Å². The molecule has 4 heteroatoms. The Kier molecular flexibility index (Phi) is 6.94. The standard InChI is InChI=1S/C63H46N4/c1-62(2,3)38-25-27-52-46(31-38)47-30-36-17-11-13-21-42(36)56-57-55-49-33-39(63(4,5)6)32-48-54-41-20-12-10-16-35(41)28-44(59(54)66(58(48)49)53(55)34-64-61(57)67(52)60(47)56)37-24-26-51-45(29-37)43-22-14-15-23-50(43)65(51)40-18-8-7-9-19-40/h7-34H,1-6H3. The Labute approximate surface area is 386 Å². The monoisotopic (exact) mass is 858 g/mol. The summed E-state index contributed by atoms with van der Waals surface area (Å²) in [6, 6.07) is 61.7. The Hall–Kier alpha value is -7.95. The van der Waals surface area contributed by atoms with Gasteiger partial charge in [-0.05, 0) is 116 Å². The summed E-state index contributed by atoms with van der Waals surface area (Å²) in [5.41, 5.74) is 15.7. The molecule has 318 valence electrons. The number of benzene rings is 9. The fourth-order valence-corrected chi connectivity index (χ4v) is 12.2. The molecule has 0 fully saturated rings. The van der Waals surface area contributed by atoms with Gasteiger partial charge in [0.1, 0.15) is 5.65 Å². The normalized spacial score (nSPS) is 13.2. The molecule has 0 bridgehead atoms. The van der Waals surface area contributed by atoms with Crippen molar-refractivity contribution >= 4 is 120 Å². The molecule has 15 rings (SSSR count). The highest BCUT2D eigenvalue weighted by Gasteiger charge is 2.30. The topological polar surface area (TPSA) is 26.6 Å². The van der Waals surface area contributed by atoms with E-state index in [1.54, 1.807) is 0 Å². The summed E-state index contributed by atoms with van der Waals surface area (Å²) in [5.74, 6) is 0. The zero-order valence-electron chi connectivity index (χ0n) is 38.5. The van der Waals surface area contributed by atoms with E-state index in [1.807, 2.05) is 0 Å². The molecule has 4 nitrogen and oxygen atoms in total. The van der Waals surface area contributed by atoms with E-state index in [1.165, 1.54) is 131 Å². The highest BCUT2D eigenvalue weighted by atomic mass is 15.0. The summed E-state index contributed by atoms with van der Waals surface area (Å²) in [6.45, 7) is 14.0. The molecule has 0 unspecified atom stereocenters. The van der Waals surface area contributed by atoms with Gasteiger partial charge < -0.3 is 8.97 Å². The van der Waals surface area contributed by atoms with Crippen LogP contribution >= 0.6 is 0 Å². The second-order valence-electron chi connectivity index (χ2n) is 21.2. The van der Waals surface area contributed by atoms with Crippen LogP contribution in [0.1, 0.15) is 52.7 Å². The third-order valence-corrected chi connectivity index (χ3v) is 15.4. The largest absolute Gasteiger partial charge is 0.309 e. The van der Waals surface area contributed by atoms with Crippen molar-refractivity contribution in [3.05, 3.63) is 181 Å². The first-order valence-electron chi connectivity index (χ1n) is 23.7. The Bertz CT molecular complexity index is 4620.